The van der Waals surface area contributed by atoms with Crippen LogP contribution in [-0.4, -0.2) is 22.8 Å². The van der Waals surface area contributed by atoms with E-state index in [1.165, 1.54) is 5.57 Å². The van der Waals surface area contributed by atoms with Crippen LogP contribution in [0.15, 0.2) is 11.1 Å². The summed E-state index contributed by atoms with van der Waals surface area (Å²) in [6, 6.07) is 0. The van der Waals surface area contributed by atoms with Crippen LogP contribution in [0.2, 0.25) is 0 Å². The number of carbonyl (C=O) groups is 2. The minimum absolute atomic E-state index is 0.156. The molecule has 0 spiro atoms. The highest BCUT2D eigenvalue weighted by atomic mass is 32.2. The van der Waals surface area contributed by atoms with E-state index in [0.29, 0.717) is 11.7 Å². The summed E-state index contributed by atoms with van der Waals surface area (Å²) in [5, 5.41) is 2.73. The van der Waals surface area contributed by atoms with E-state index < -0.39 is 0 Å². The van der Waals surface area contributed by atoms with E-state index in [4.69, 9.17) is 0 Å². The van der Waals surface area contributed by atoms with Gasteiger partial charge in [-0.05, 0) is 24.7 Å². The Labute approximate surface area is 81.0 Å². The molecule has 2 heterocycles. The first-order valence-corrected chi connectivity index (χ1v) is 5.41. The molecule has 0 radical (unpaired) electrons. The Hall–Kier alpha value is -0.770. The second-order valence-corrected chi connectivity index (χ2v) is 4.77. The number of hydrogen-bond donors (Lipinski definition) is 1. The Bertz CT molecular complexity index is 309. The van der Waals surface area contributed by atoms with Crippen LogP contribution in [0, 0.1) is 0 Å². The zero-order valence-corrected chi connectivity index (χ0v) is 8.24. The predicted octanol–water partition coefficient (Wildman–Crippen LogP) is 0.855. The van der Waals surface area contributed by atoms with Gasteiger partial charge in [0.15, 0.2) is 0 Å². The summed E-state index contributed by atoms with van der Waals surface area (Å²) in [7, 11) is 0. The summed E-state index contributed by atoms with van der Waals surface area (Å²) in [6.07, 6.45) is 1.25. The van der Waals surface area contributed by atoms with Crippen molar-refractivity contribution < 1.29 is 9.59 Å². The maximum absolute atomic E-state index is 11.3. The maximum Gasteiger partial charge on any atom is 0.254 e. The first-order valence-electron chi connectivity index (χ1n) is 4.36. The van der Waals surface area contributed by atoms with Crippen LogP contribution in [0.3, 0.4) is 0 Å². The molecule has 2 fully saturated rings. The van der Waals surface area contributed by atoms with Crippen LogP contribution < -0.4 is 5.32 Å². The van der Waals surface area contributed by atoms with Crippen LogP contribution in [0.5, 0.6) is 0 Å². The summed E-state index contributed by atoms with van der Waals surface area (Å²) in [6.45, 7) is 2.09. The van der Waals surface area contributed by atoms with Gasteiger partial charge in [-0.3, -0.25) is 14.9 Å². The van der Waals surface area contributed by atoms with Gasteiger partial charge < -0.3 is 0 Å². The third-order valence-electron chi connectivity index (χ3n) is 2.48. The highest BCUT2D eigenvalue weighted by Crippen LogP contribution is 2.35. The molecule has 1 unspecified atom stereocenters. The van der Waals surface area contributed by atoms with Gasteiger partial charge >= 0.3 is 0 Å². The van der Waals surface area contributed by atoms with Gasteiger partial charge in [-0.1, -0.05) is 0 Å². The van der Waals surface area contributed by atoms with Crippen molar-refractivity contribution in [2.45, 2.75) is 25.0 Å². The molecule has 70 valence electrons. The third-order valence-corrected chi connectivity index (χ3v) is 3.71. The van der Waals surface area contributed by atoms with Crippen molar-refractivity contribution in [3.8, 4) is 0 Å². The van der Waals surface area contributed by atoms with Crippen molar-refractivity contribution in [1.82, 2.24) is 5.32 Å². The molecule has 4 heteroatoms. The van der Waals surface area contributed by atoms with Crippen LogP contribution in [0.1, 0.15) is 19.8 Å². The fourth-order valence-electron chi connectivity index (χ4n) is 1.79. The van der Waals surface area contributed by atoms with E-state index in [-0.39, 0.29) is 11.8 Å². The van der Waals surface area contributed by atoms with E-state index in [0.717, 1.165) is 17.7 Å². The van der Waals surface area contributed by atoms with E-state index in [9.17, 15) is 9.59 Å². The molecular formula is C9H11NO2S. The number of carbonyl (C=O) groups excluding carboxylic acids is 2. The average Bonchev–Trinajstić information content (AvgIpc) is 2.58. The minimum Gasteiger partial charge on any atom is -0.292 e. The second kappa shape index (κ2) is 3.18. The predicted molar refractivity (Wildman–Crippen MR) is 51.3 cm³/mol. The largest absolute Gasteiger partial charge is 0.292 e. The van der Waals surface area contributed by atoms with Crippen LogP contribution in [0.25, 0.3) is 0 Å². The normalized spacial score (nSPS) is 34.1. The molecule has 13 heavy (non-hydrogen) atoms. The standard InChI is InChI=1S/C9H11NO2S/c1-5-6(2-3-13-5)7-4-8(11)10-9(7)12/h5H,2-4H2,1H3,(H,10,11,12). The van der Waals surface area contributed by atoms with Gasteiger partial charge in [0, 0.05) is 10.8 Å². The average molecular weight is 197 g/mol. The molecule has 0 aromatic heterocycles. The molecule has 1 atom stereocenters. The smallest absolute Gasteiger partial charge is 0.254 e. The summed E-state index contributed by atoms with van der Waals surface area (Å²) in [4.78, 5) is 22.3. The fraction of sp³-hybridized carbons (Fsp3) is 0.556. The first-order chi connectivity index (χ1) is 6.18. The Morgan fingerprint density at radius 2 is 2.23 bits per heavy atom. The van der Waals surface area contributed by atoms with Gasteiger partial charge in [0.25, 0.3) is 5.91 Å². The van der Waals surface area contributed by atoms with Gasteiger partial charge in [-0.2, -0.15) is 11.8 Å². The molecule has 0 saturated carbocycles. The van der Waals surface area contributed by atoms with Gasteiger partial charge in [0.1, 0.15) is 0 Å². The maximum atomic E-state index is 11.3. The zero-order valence-electron chi connectivity index (χ0n) is 7.42. The molecule has 0 aromatic rings. The highest BCUT2D eigenvalue weighted by molar-refractivity contribution is 8.00. The first kappa shape index (κ1) is 8.81. The monoisotopic (exact) mass is 197 g/mol. The second-order valence-electron chi connectivity index (χ2n) is 3.32. The van der Waals surface area contributed by atoms with Gasteiger partial charge in [-0.15, -0.1) is 0 Å². The lowest BCUT2D eigenvalue weighted by atomic mass is 10.0. The number of imide groups is 1. The van der Waals surface area contributed by atoms with Crippen molar-refractivity contribution in [1.29, 1.82) is 0 Å². The fourth-order valence-corrected chi connectivity index (χ4v) is 2.94. The molecule has 2 aliphatic rings. The van der Waals surface area contributed by atoms with E-state index in [2.05, 4.69) is 12.2 Å². The van der Waals surface area contributed by atoms with Crippen molar-refractivity contribution >= 4 is 23.6 Å². The minimum atomic E-state index is -0.172. The lowest BCUT2D eigenvalue weighted by Gasteiger charge is -2.05. The van der Waals surface area contributed by atoms with E-state index in [1.807, 2.05) is 11.8 Å². The van der Waals surface area contributed by atoms with Crippen LogP contribution in [-0.2, 0) is 9.59 Å². The molecule has 1 N–H and O–H groups in total. The number of nitrogens with one attached hydrogen (secondary N) is 1. The summed E-state index contributed by atoms with van der Waals surface area (Å²) < 4.78 is 0. The molecule has 3 nitrogen and oxygen atoms in total. The Balaban J connectivity index is 2.32. The van der Waals surface area contributed by atoms with Crippen molar-refractivity contribution in [3.05, 3.63) is 11.1 Å². The van der Waals surface area contributed by atoms with Crippen molar-refractivity contribution in [2.24, 2.45) is 0 Å². The van der Waals surface area contributed by atoms with E-state index in [1.54, 1.807) is 0 Å². The van der Waals surface area contributed by atoms with Crippen LogP contribution >= 0.6 is 11.8 Å². The number of rotatable bonds is 0. The molecule has 0 aliphatic carbocycles. The van der Waals surface area contributed by atoms with Gasteiger partial charge in [-0.25, -0.2) is 0 Å². The molecule has 0 aromatic carbocycles. The molecule has 2 saturated heterocycles. The van der Waals surface area contributed by atoms with Crippen molar-refractivity contribution in [2.75, 3.05) is 5.75 Å². The number of amides is 2. The molecule has 2 aliphatic heterocycles. The summed E-state index contributed by atoms with van der Waals surface area (Å²) in [5.74, 6) is 0.743. The quantitative estimate of drug-likeness (QED) is 0.462. The summed E-state index contributed by atoms with van der Waals surface area (Å²) >= 11 is 1.85. The lowest BCUT2D eigenvalue weighted by Crippen LogP contribution is -2.20. The Morgan fingerprint density at radius 3 is 2.69 bits per heavy atom. The molecular weight excluding hydrogens is 186 g/mol. The SMILES string of the molecule is CC1SCCC1=C1CC(=O)NC1=O. The number of thioether (sulfide) groups is 1. The Kier molecular flexibility index (Phi) is 2.15. The Morgan fingerprint density at radius 1 is 1.46 bits per heavy atom. The van der Waals surface area contributed by atoms with Crippen molar-refractivity contribution in [3.63, 3.8) is 0 Å². The molecule has 0 bridgehead atoms. The highest BCUT2D eigenvalue weighted by Gasteiger charge is 2.30. The summed E-state index contributed by atoms with van der Waals surface area (Å²) in [5.41, 5.74) is 1.90. The van der Waals surface area contributed by atoms with E-state index >= 15 is 0 Å². The lowest BCUT2D eigenvalue weighted by molar-refractivity contribution is -0.124. The van der Waals surface area contributed by atoms with Gasteiger partial charge in [0.2, 0.25) is 5.91 Å². The topological polar surface area (TPSA) is 46.2 Å². The third kappa shape index (κ3) is 1.50. The molecule has 2 amide bonds. The van der Waals surface area contributed by atoms with Crippen LogP contribution in [0.4, 0.5) is 0 Å². The van der Waals surface area contributed by atoms with Gasteiger partial charge in [0.05, 0.1) is 6.42 Å². The number of hydrogen-bond acceptors (Lipinski definition) is 3. The molecule has 2 rings (SSSR count). The zero-order chi connectivity index (χ0) is 9.42.